The molecule has 2 rings (SSSR count). The number of aromatic amines is 1. The third kappa shape index (κ3) is 3.59. The minimum atomic E-state index is -0.905. The van der Waals surface area contributed by atoms with E-state index in [1.807, 2.05) is 0 Å². The zero-order valence-electron chi connectivity index (χ0n) is 10.9. The minimum absolute atomic E-state index is 0.184. The minimum Gasteiger partial charge on any atom is -0.346 e. The van der Waals surface area contributed by atoms with Crippen molar-refractivity contribution < 1.29 is 13.6 Å². The van der Waals surface area contributed by atoms with Crippen LogP contribution >= 0.6 is 0 Å². The Bertz CT molecular complexity index is 586. The van der Waals surface area contributed by atoms with E-state index in [1.165, 1.54) is 12.4 Å². The van der Waals surface area contributed by atoms with Gasteiger partial charge in [0.05, 0.1) is 6.04 Å². The summed E-state index contributed by atoms with van der Waals surface area (Å²) in [5, 5.41) is 9.10. The van der Waals surface area contributed by atoms with Crippen LogP contribution in [0.1, 0.15) is 30.8 Å². The number of H-pyrrole nitrogens is 1. The van der Waals surface area contributed by atoms with Crippen LogP contribution in [0.25, 0.3) is 0 Å². The van der Waals surface area contributed by atoms with Gasteiger partial charge in [0, 0.05) is 6.42 Å². The summed E-state index contributed by atoms with van der Waals surface area (Å²) in [6.45, 7) is 1.77. The van der Waals surface area contributed by atoms with Gasteiger partial charge in [0.15, 0.2) is 11.6 Å². The molecule has 2 aromatic rings. The van der Waals surface area contributed by atoms with Crippen molar-refractivity contribution >= 4 is 5.91 Å². The Morgan fingerprint density at radius 1 is 1.40 bits per heavy atom. The summed E-state index contributed by atoms with van der Waals surface area (Å²) in [7, 11) is 0. The van der Waals surface area contributed by atoms with Gasteiger partial charge in [-0.25, -0.2) is 13.8 Å². The van der Waals surface area contributed by atoms with Gasteiger partial charge in [0.2, 0.25) is 5.91 Å². The molecular formula is C13H14F2N4O. The highest BCUT2D eigenvalue weighted by atomic mass is 19.2. The molecule has 5 nitrogen and oxygen atoms in total. The van der Waals surface area contributed by atoms with Crippen LogP contribution in [0.2, 0.25) is 0 Å². The van der Waals surface area contributed by atoms with E-state index in [2.05, 4.69) is 20.5 Å². The number of rotatable bonds is 5. The molecule has 0 fully saturated rings. The second-order valence-electron chi connectivity index (χ2n) is 4.41. The smallest absolute Gasteiger partial charge is 0.220 e. The average molecular weight is 280 g/mol. The van der Waals surface area contributed by atoms with E-state index in [9.17, 15) is 13.6 Å². The van der Waals surface area contributed by atoms with Gasteiger partial charge in [-0.3, -0.25) is 9.89 Å². The zero-order chi connectivity index (χ0) is 14.5. The highest BCUT2D eigenvalue weighted by Gasteiger charge is 2.12. The molecule has 1 aromatic heterocycles. The summed E-state index contributed by atoms with van der Waals surface area (Å²) in [5.74, 6) is -1.43. The number of carbonyl (C=O) groups excluding carboxylic acids is 1. The number of nitrogens with zero attached hydrogens (tertiary/aromatic N) is 2. The van der Waals surface area contributed by atoms with Crippen molar-refractivity contribution in [1.82, 2.24) is 20.5 Å². The Kier molecular flexibility index (Phi) is 4.39. The monoisotopic (exact) mass is 280 g/mol. The molecule has 106 valence electrons. The molecule has 0 aliphatic rings. The molecule has 0 radical (unpaired) electrons. The van der Waals surface area contributed by atoms with E-state index in [1.54, 1.807) is 6.92 Å². The largest absolute Gasteiger partial charge is 0.346 e. The van der Waals surface area contributed by atoms with E-state index in [4.69, 9.17) is 0 Å². The molecule has 1 unspecified atom stereocenters. The van der Waals surface area contributed by atoms with Gasteiger partial charge in [-0.05, 0) is 31.0 Å². The van der Waals surface area contributed by atoms with Crippen molar-refractivity contribution in [2.24, 2.45) is 0 Å². The Morgan fingerprint density at radius 3 is 2.85 bits per heavy atom. The van der Waals surface area contributed by atoms with Crippen LogP contribution in [-0.4, -0.2) is 21.1 Å². The number of amides is 1. The van der Waals surface area contributed by atoms with Crippen LogP contribution in [-0.2, 0) is 11.2 Å². The third-order valence-corrected chi connectivity index (χ3v) is 2.85. The van der Waals surface area contributed by atoms with Crippen molar-refractivity contribution in [1.29, 1.82) is 0 Å². The number of halogens is 2. The van der Waals surface area contributed by atoms with E-state index < -0.39 is 11.6 Å². The van der Waals surface area contributed by atoms with Crippen LogP contribution in [0.15, 0.2) is 24.5 Å². The highest BCUT2D eigenvalue weighted by Crippen LogP contribution is 2.11. The molecule has 1 atom stereocenters. The second-order valence-corrected chi connectivity index (χ2v) is 4.41. The first-order valence-corrected chi connectivity index (χ1v) is 6.15. The SMILES string of the molecule is CC(NC(=O)CCc1ccc(F)c(F)c1)c1ncn[nH]1. The first-order valence-electron chi connectivity index (χ1n) is 6.15. The normalized spacial score (nSPS) is 12.2. The quantitative estimate of drug-likeness (QED) is 0.878. The molecule has 1 heterocycles. The van der Waals surface area contributed by atoms with Gasteiger partial charge in [-0.15, -0.1) is 0 Å². The lowest BCUT2D eigenvalue weighted by Crippen LogP contribution is -2.27. The predicted octanol–water partition coefficient (Wildman–Crippen LogP) is 1.89. The maximum atomic E-state index is 13.0. The van der Waals surface area contributed by atoms with Gasteiger partial charge in [-0.2, -0.15) is 5.10 Å². The van der Waals surface area contributed by atoms with Crippen LogP contribution < -0.4 is 5.32 Å². The summed E-state index contributed by atoms with van der Waals surface area (Å²) in [5.41, 5.74) is 0.575. The van der Waals surface area contributed by atoms with E-state index in [-0.39, 0.29) is 18.4 Å². The summed E-state index contributed by atoms with van der Waals surface area (Å²) >= 11 is 0. The van der Waals surface area contributed by atoms with E-state index in [0.717, 1.165) is 12.1 Å². The van der Waals surface area contributed by atoms with Crippen molar-refractivity contribution in [3.8, 4) is 0 Å². The van der Waals surface area contributed by atoms with Crippen LogP contribution in [0, 0.1) is 11.6 Å². The Morgan fingerprint density at radius 2 is 2.20 bits per heavy atom. The van der Waals surface area contributed by atoms with Crippen LogP contribution in [0.5, 0.6) is 0 Å². The Balaban J connectivity index is 1.84. The summed E-state index contributed by atoms with van der Waals surface area (Å²) in [6, 6.07) is 3.34. The molecule has 0 saturated heterocycles. The fourth-order valence-corrected chi connectivity index (χ4v) is 1.76. The molecule has 1 amide bonds. The molecule has 0 bridgehead atoms. The summed E-state index contributed by atoms with van der Waals surface area (Å²) in [6.07, 6.45) is 1.88. The maximum Gasteiger partial charge on any atom is 0.220 e. The summed E-state index contributed by atoms with van der Waals surface area (Å²) in [4.78, 5) is 15.7. The van der Waals surface area contributed by atoms with Gasteiger partial charge >= 0.3 is 0 Å². The van der Waals surface area contributed by atoms with Gasteiger partial charge < -0.3 is 5.32 Å². The van der Waals surface area contributed by atoms with Crippen LogP contribution in [0.3, 0.4) is 0 Å². The lowest BCUT2D eigenvalue weighted by atomic mass is 10.1. The molecule has 20 heavy (non-hydrogen) atoms. The number of nitrogens with one attached hydrogen (secondary N) is 2. The number of hydrogen-bond donors (Lipinski definition) is 2. The van der Waals surface area contributed by atoms with Crippen molar-refractivity contribution in [2.75, 3.05) is 0 Å². The first-order chi connectivity index (χ1) is 9.56. The molecule has 0 aliphatic heterocycles. The van der Waals surface area contributed by atoms with Gasteiger partial charge in [-0.1, -0.05) is 6.07 Å². The van der Waals surface area contributed by atoms with Crippen molar-refractivity contribution in [3.05, 3.63) is 47.5 Å². The molecular weight excluding hydrogens is 266 g/mol. The Hall–Kier alpha value is -2.31. The molecule has 7 heteroatoms. The van der Waals surface area contributed by atoms with Gasteiger partial charge in [0.1, 0.15) is 12.2 Å². The second kappa shape index (κ2) is 6.23. The number of carbonyl (C=O) groups is 1. The third-order valence-electron chi connectivity index (χ3n) is 2.85. The molecule has 0 saturated carbocycles. The molecule has 1 aromatic carbocycles. The molecule has 0 spiro atoms. The fourth-order valence-electron chi connectivity index (χ4n) is 1.76. The zero-order valence-corrected chi connectivity index (χ0v) is 10.9. The lowest BCUT2D eigenvalue weighted by molar-refractivity contribution is -0.121. The van der Waals surface area contributed by atoms with E-state index in [0.29, 0.717) is 17.8 Å². The van der Waals surface area contributed by atoms with Gasteiger partial charge in [0.25, 0.3) is 0 Å². The standard InChI is InChI=1S/C13H14F2N4O/c1-8(13-16-7-17-19-13)18-12(20)5-3-9-2-4-10(14)11(15)6-9/h2,4,6-8H,3,5H2,1H3,(H,18,20)(H,16,17,19). The predicted molar refractivity (Wildman–Crippen MR) is 67.6 cm³/mol. The van der Waals surface area contributed by atoms with Crippen molar-refractivity contribution in [3.63, 3.8) is 0 Å². The number of hydrogen-bond acceptors (Lipinski definition) is 3. The average Bonchev–Trinajstić information content (AvgIpc) is 2.94. The van der Waals surface area contributed by atoms with Crippen molar-refractivity contribution in [2.45, 2.75) is 25.8 Å². The first kappa shape index (κ1) is 14.1. The highest BCUT2D eigenvalue weighted by molar-refractivity contribution is 5.76. The maximum absolute atomic E-state index is 13.0. The summed E-state index contributed by atoms with van der Waals surface area (Å²) < 4.78 is 25.8. The molecule has 0 aliphatic carbocycles. The topological polar surface area (TPSA) is 70.7 Å². The fraction of sp³-hybridized carbons (Fsp3) is 0.308. The van der Waals surface area contributed by atoms with E-state index >= 15 is 0 Å². The van der Waals surface area contributed by atoms with Crippen LogP contribution in [0.4, 0.5) is 8.78 Å². The Labute approximate surface area is 114 Å². The number of benzene rings is 1. The molecule has 2 N–H and O–H groups in total. The lowest BCUT2D eigenvalue weighted by Gasteiger charge is -2.10. The number of aryl methyl sites for hydroxylation is 1. The number of aromatic nitrogens is 3.